The summed E-state index contributed by atoms with van der Waals surface area (Å²) in [4.78, 5) is 14.8. The van der Waals surface area contributed by atoms with Gasteiger partial charge in [-0.25, -0.2) is 4.98 Å². The van der Waals surface area contributed by atoms with Crippen molar-refractivity contribution in [3.8, 4) is 0 Å². The second-order valence-electron chi connectivity index (χ2n) is 3.42. The molecule has 2 aromatic rings. The smallest absolute Gasteiger partial charge is 0.168 e. The number of methoxy groups -OCH3 is 1. The van der Waals surface area contributed by atoms with Crippen molar-refractivity contribution in [3.05, 3.63) is 29.6 Å². The van der Waals surface area contributed by atoms with Crippen molar-refractivity contribution in [1.82, 2.24) is 9.55 Å². The van der Waals surface area contributed by atoms with Crippen molar-refractivity contribution in [1.29, 1.82) is 0 Å². The summed E-state index contributed by atoms with van der Waals surface area (Å²) in [5.74, 6) is 0. The fourth-order valence-electron chi connectivity index (χ4n) is 1.68. The number of hydrogen-bond donors (Lipinski definition) is 0. The van der Waals surface area contributed by atoms with Crippen molar-refractivity contribution in [2.75, 3.05) is 7.11 Å². The number of hydrogen-bond acceptors (Lipinski definition) is 3. The molecule has 0 spiro atoms. The summed E-state index contributed by atoms with van der Waals surface area (Å²) >= 11 is 0. The standard InChI is InChI=1S/C11H12N2O2/c1-13-5-8(7-15-2)10-4-3-9(6-14)12-11(10)13/h3-6H,7H2,1-2H3. The fraction of sp³-hybridized carbons (Fsp3) is 0.273. The number of carbonyl (C=O) groups excluding carboxylic acids is 1. The Morgan fingerprint density at radius 2 is 2.33 bits per heavy atom. The molecule has 15 heavy (non-hydrogen) atoms. The van der Waals surface area contributed by atoms with Crippen LogP contribution in [0.2, 0.25) is 0 Å². The Balaban J connectivity index is 2.63. The highest BCUT2D eigenvalue weighted by Gasteiger charge is 2.07. The topological polar surface area (TPSA) is 44.1 Å². The van der Waals surface area contributed by atoms with E-state index in [1.54, 1.807) is 13.2 Å². The molecule has 0 saturated carbocycles. The summed E-state index contributed by atoms with van der Waals surface area (Å²) in [6.07, 6.45) is 2.72. The summed E-state index contributed by atoms with van der Waals surface area (Å²) in [7, 11) is 3.56. The molecule has 4 nitrogen and oxygen atoms in total. The van der Waals surface area contributed by atoms with Gasteiger partial charge in [0.15, 0.2) is 6.29 Å². The SMILES string of the molecule is COCc1cn(C)c2nc(C=O)ccc12. The quantitative estimate of drug-likeness (QED) is 0.712. The van der Waals surface area contributed by atoms with E-state index in [9.17, 15) is 4.79 Å². The third-order valence-electron chi connectivity index (χ3n) is 2.35. The highest BCUT2D eigenvalue weighted by molar-refractivity contribution is 5.84. The first kappa shape index (κ1) is 9.86. The number of rotatable bonds is 3. The van der Waals surface area contributed by atoms with E-state index in [-0.39, 0.29) is 0 Å². The van der Waals surface area contributed by atoms with Gasteiger partial charge in [-0.3, -0.25) is 4.79 Å². The molecule has 0 saturated heterocycles. The molecule has 78 valence electrons. The largest absolute Gasteiger partial charge is 0.380 e. The first-order valence-corrected chi connectivity index (χ1v) is 4.65. The van der Waals surface area contributed by atoms with Crippen LogP contribution in [0, 0.1) is 0 Å². The second kappa shape index (κ2) is 3.82. The van der Waals surface area contributed by atoms with E-state index in [0.717, 1.165) is 22.9 Å². The van der Waals surface area contributed by atoms with Gasteiger partial charge < -0.3 is 9.30 Å². The maximum Gasteiger partial charge on any atom is 0.168 e. The second-order valence-corrected chi connectivity index (χ2v) is 3.42. The molecule has 0 N–H and O–H groups in total. The zero-order valence-electron chi connectivity index (χ0n) is 8.73. The maximum absolute atomic E-state index is 10.6. The normalized spacial score (nSPS) is 10.8. The van der Waals surface area contributed by atoms with Gasteiger partial charge in [-0.1, -0.05) is 0 Å². The molecule has 0 fully saturated rings. The zero-order chi connectivity index (χ0) is 10.8. The van der Waals surface area contributed by atoms with Crippen molar-refractivity contribution < 1.29 is 9.53 Å². The number of ether oxygens (including phenoxy) is 1. The molecule has 2 heterocycles. The highest BCUT2D eigenvalue weighted by Crippen LogP contribution is 2.19. The van der Waals surface area contributed by atoms with E-state index in [4.69, 9.17) is 4.74 Å². The van der Waals surface area contributed by atoms with Crippen LogP contribution in [0.5, 0.6) is 0 Å². The Hall–Kier alpha value is -1.68. The summed E-state index contributed by atoms with van der Waals surface area (Å²) in [5, 5.41) is 1.03. The number of nitrogens with zero attached hydrogens (tertiary/aromatic N) is 2. The molecule has 0 radical (unpaired) electrons. The Morgan fingerprint density at radius 1 is 1.53 bits per heavy atom. The predicted octanol–water partition coefficient (Wildman–Crippen LogP) is 1.53. The van der Waals surface area contributed by atoms with Crippen LogP contribution in [0.25, 0.3) is 11.0 Å². The molecule has 0 bridgehead atoms. The third kappa shape index (κ3) is 1.64. The van der Waals surface area contributed by atoms with E-state index >= 15 is 0 Å². The Bertz CT molecular complexity index is 503. The lowest BCUT2D eigenvalue weighted by Crippen LogP contribution is -1.91. The lowest BCUT2D eigenvalue weighted by molar-refractivity contribution is 0.111. The summed E-state index contributed by atoms with van der Waals surface area (Å²) < 4.78 is 6.99. The van der Waals surface area contributed by atoms with Gasteiger partial charge in [0.05, 0.1) is 6.61 Å². The number of pyridine rings is 1. The molecule has 0 unspecified atom stereocenters. The van der Waals surface area contributed by atoms with Gasteiger partial charge in [-0.15, -0.1) is 0 Å². The lowest BCUT2D eigenvalue weighted by atomic mass is 10.2. The molecule has 0 aliphatic heterocycles. The van der Waals surface area contributed by atoms with Crippen LogP contribution >= 0.6 is 0 Å². The third-order valence-corrected chi connectivity index (χ3v) is 2.35. The van der Waals surface area contributed by atoms with Crippen LogP contribution in [0.15, 0.2) is 18.3 Å². The Kier molecular flexibility index (Phi) is 2.51. The van der Waals surface area contributed by atoms with Gasteiger partial charge >= 0.3 is 0 Å². The molecule has 0 aliphatic rings. The molecule has 0 aliphatic carbocycles. The Labute approximate surface area is 87.5 Å². The van der Waals surface area contributed by atoms with Crippen LogP contribution in [-0.2, 0) is 18.4 Å². The zero-order valence-corrected chi connectivity index (χ0v) is 8.73. The first-order chi connectivity index (χ1) is 7.26. The molecule has 4 heteroatoms. The molecule has 0 amide bonds. The van der Waals surface area contributed by atoms with Crippen molar-refractivity contribution in [2.24, 2.45) is 7.05 Å². The van der Waals surface area contributed by atoms with Crippen LogP contribution in [0.1, 0.15) is 16.1 Å². The minimum absolute atomic E-state index is 0.452. The minimum Gasteiger partial charge on any atom is -0.380 e. The summed E-state index contributed by atoms with van der Waals surface area (Å²) in [5.41, 5.74) is 2.35. The molecule has 0 aromatic carbocycles. The predicted molar refractivity (Wildman–Crippen MR) is 56.8 cm³/mol. The number of carbonyl (C=O) groups is 1. The van der Waals surface area contributed by atoms with Gasteiger partial charge in [0, 0.05) is 31.3 Å². The van der Waals surface area contributed by atoms with Crippen LogP contribution in [-0.4, -0.2) is 22.9 Å². The van der Waals surface area contributed by atoms with Crippen LogP contribution < -0.4 is 0 Å². The van der Waals surface area contributed by atoms with E-state index < -0.39 is 0 Å². The monoisotopic (exact) mass is 204 g/mol. The van der Waals surface area contributed by atoms with Gasteiger partial charge in [0.2, 0.25) is 0 Å². The van der Waals surface area contributed by atoms with Crippen molar-refractivity contribution in [2.45, 2.75) is 6.61 Å². The van der Waals surface area contributed by atoms with Gasteiger partial charge in [-0.2, -0.15) is 0 Å². The van der Waals surface area contributed by atoms with E-state index in [0.29, 0.717) is 12.3 Å². The average Bonchev–Trinajstić information content (AvgIpc) is 2.56. The molecular formula is C11H12N2O2. The van der Waals surface area contributed by atoms with E-state index in [2.05, 4.69) is 4.98 Å². The van der Waals surface area contributed by atoms with Crippen LogP contribution in [0.4, 0.5) is 0 Å². The fourth-order valence-corrected chi connectivity index (χ4v) is 1.68. The average molecular weight is 204 g/mol. The molecular weight excluding hydrogens is 192 g/mol. The molecule has 2 rings (SSSR count). The van der Waals surface area contributed by atoms with Crippen LogP contribution in [0.3, 0.4) is 0 Å². The number of aryl methyl sites for hydroxylation is 1. The van der Waals surface area contributed by atoms with E-state index in [1.165, 1.54) is 0 Å². The highest BCUT2D eigenvalue weighted by atomic mass is 16.5. The summed E-state index contributed by atoms with van der Waals surface area (Å²) in [6, 6.07) is 3.62. The number of aldehydes is 1. The van der Waals surface area contributed by atoms with E-state index in [1.807, 2.05) is 23.9 Å². The number of fused-ring (bicyclic) bond motifs is 1. The summed E-state index contributed by atoms with van der Waals surface area (Å²) in [6.45, 7) is 0.555. The maximum atomic E-state index is 10.6. The Morgan fingerprint density at radius 3 is 3.00 bits per heavy atom. The first-order valence-electron chi connectivity index (χ1n) is 4.65. The van der Waals surface area contributed by atoms with Gasteiger partial charge in [-0.05, 0) is 12.1 Å². The van der Waals surface area contributed by atoms with Crippen molar-refractivity contribution >= 4 is 17.3 Å². The van der Waals surface area contributed by atoms with Gasteiger partial charge in [0.25, 0.3) is 0 Å². The molecule has 0 atom stereocenters. The lowest BCUT2D eigenvalue weighted by Gasteiger charge is -1.96. The number of aromatic nitrogens is 2. The molecule has 2 aromatic heterocycles. The van der Waals surface area contributed by atoms with Crippen molar-refractivity contribution in [3.63, 3.8) is 0 Å². The van der Waals surface area contributed by atoms with Gasteiger partial charge in [0.1, 0.15) is 11.3 Å². The minimum atomic E-state index is 0.452.